The van der Waals surface area contributed by atoms with Crippen LogP contribution in [0, 0.1) is 0 Å². The number of aromatic amines is 1. The fourth-order valence-electron chi connectivity index (χ4n) is 2.66. The lowest BCUT2D eigenvalue weighted by Crippen LogP contribution is -2.45. The maximum atomic E-state index is 12.5. The third kappa shape index (κ3) is 2.56. The zero-order chi connectivity index (χ0) is 14.3. The zero-order valence-corrected chi connectivity index (χ0v) is 12.2. The second-order valence-corrected chi connectivity index (χ2v) is 8.00. The van der Waals surface area contributed by atoms with Gasteiger partial charge in [0.15, 0.2) is 15.5 Å². The summed E-state index contributed by atoms with van der Waals surface area (Å²) in [7, 11) is -3.11. The van der Waals surface area contributed by atoms with Crippen molar-refractivity contribution < 1.29 is 13.2 Å². The van der Waals surface area contributed by atoms with E-state index in [-0.39, 0.29) is 12.5 Å². The molecule has 0 radical (unpaired) electrons. The van der Waals surface area contributed by atoms with E-state index < -0.39 is 15.1 Å². The number of carbonyl (C=O) groups is 1. The molecule has 0 bridgehead atoms. The Hall–Kier alpha value is -1.44. The average molecular weight is 298 g/mol. The Balaban J connectivity index is 1.78. The minimum absolute atomic E-state index is 0.200. The van der Waals surface area contributed by atoms with E-state index in [1.807, 2.05) is 0 Å². The first kappa shape index (κ1) is 13.5. The van der Waals surface area contributed by atoms with Gasteiger partial charge in [-0.2, -0.15) is 15.4 Å². The molecule has 0 aromatic carbocycles. The molecule has 1 unspecified atom stereocenters. The Labute approximate surface area is 117 Å². The molecule has 1 aliphatic heterocycles. The third-order valence-electron chi connectivity index (χ3n) is 4.01. The summed E-state index contributed by atoms with van der Waals surface area (Å²) >= 11 is 0. The lowest BCUT2D eigenvalue weighted by atomic mass is 10.1. The van der Waals surface area contributed by atoms with Crippen molar-refractivity contribution in [1.82, 2.24) is 20.3 Å². The largest absolute Gasteiger partial charge is 0.336 e. The number of piperidine rings is 1. The molecule has 3 rings (SSSR count). The normalized spacial score (nSPS) is 23.9. The van der Waals surface area contributed by atoms with E-state index in [0.29, 0.717) is 31.0 Å². The molecule has 1 atom stereocenters. The van der Waals surface area contributed by atoms with E-state index in [4.69, 9.17) is 0 Å². The molecular formula is C12H18N4O3S. The Morgan fingerprint density at radius 1 is 1.30 bits per heavy atom. The minimum atomic E-state index is -3.11. The molecular weight excluding hydrogens is 280 g/mol. The van der Waals surface area contributed by atoms with Crippen LogP contribution in [-0.2, 0) is 9.84 Å². The van der Waals surface area contributed by atoms with Crippen molar-refractivity contribution in [3.05, 3.63) is 11.4 Å². The van der Waals surface area contributed by atoms with Crippen molar-refractivity contribution >= 4 is 15.7 Å². The molecule has 1 amide bonds. The Kier molecular flexibility index (Phi) is 3.27. The Morgan fingerprint density at radius 2 is 2.05 bits per heavy atom. The van der Waals surface area contributed by atoms with E-state index >= 15 is 0 Å². The van der Waals surface area contributed by atoms with E-state index in [9.17, 15) is 13.2 Å². The topological polar surface area (TPSA) is 96.0 Å². The molecule has 20 heavy (non-hydrogen) atoms. The van der Waals surface area contributed by atoms with Gasteiger partial charge in [-0.15, -0.1) is 0 Å². The second-order valence-electron chi connectivity index (χ2n) is 5.68. The fraction of sp³-hybridized carbons (Fsp3) is 0.750. The Bertz CT molecular complexity index is 620. The van der Waals surface area contributed by atoms with Crippen LogP contribution >= 0.6 is 0 Å². The summed E-state index contributed by atoms with van der Waals surface area (Å²) in [5.74, 6) is 0.136. The monoisotopic (exact) mass is 298 g/mol. The molecule has 2 heterocycles. The summed E-state index contributed by atoms with van der Waals surface area (Å²) in [4.78, 5) is 14.1. The number of carbonyl (C=O) groups excluding carboxylic acids is 1. The van der Waals surface area contributed by atoms with Crippen molar-refractivity contribution in [1.29, 1.82) is 0 Å². The smallest absolute Gasteiger partial charge is 0.276 e. The molecule has 1 saturated carbocycles. The van der Waals surface area contributed by atoms with Gasteiger partial charge in [0.25, 0.3) is 5.91 Å². The molecule has 1 aromatic heterocycles. The number of amides is 1. The molecule has 0 spiro atoms. The first-order chi connectivity index (χ1) is 9.47. The number of aromatic nitrogens is 3. The lowest BCUT2D eigenvalue weighted by Gasteiger charge is -2.31. The van der Waals surface area contributed by atoms with Gasteiger partial charge in [0.2, 0.25) is 0 Å². The maximum absolute atomic E-state index is 12.5. The number of hydrogen-bond donors (Lipinski definition) is 1. The third-order valence-corrected chi connectivity index (χ3v) is 5.61. The van der Waals surface area contributed by atoms with Gasteiger partial charge in [-0.3, -0.25) is 4.79 Å². The molecule has 110 valence electrons. The van der Waals surface area contributed by atoms with Crippen molar-refractivity contribution in [3.8, 4) is 0 Å². The molecule has 2 aliphatic rings. The van der Waals surface area contributed by atoms with Gasteiger partial charge in [0, 0.05) is 25.3 Å². The van der Waals surface area contributed by atoms with Crippen LogP contribution in [0.15, 0.2) is 0 Å². The highest BCUT2D eigenvalue weighted by Crippen LogP contribution is 2.40. The van der Waals surface area contributed by atoms with Crippen LogP contribution in [0.2, 0.25) is 0 Å². The van der Waals surface area contributed by atoms with Crippen LogP contribution in [0.1, 0.15) is 47.8 Å². The molecule has 7 nitrogen and oxygen atoms in total. The molecule has 1 aliphatic carbocycles. The van der Waals surface area contributed by atoms with Crippen molar-refractivity contribution in [2.45, 2.75) is 36.9 Å². The van der Waals surface area contributed by atoms with Gasteiger partial charge in [0.05, 0.1) is 10.9 Å². The first-order valence-electron chi connectivity index (χ1n) is 6.85. The highest BCUT2D eigenvalue weighted by atomic mass is 32.2. The number of rotatable bonds is 3. The lowest BCUT2D eigenvalue weighted by molar-refractivity contribution is 0.0720. The van der Waals surface area contributed by atoms with Gasteiger partial charge in [-0.25, -0.2) is 8.42 Å². The highest BCUT2D eigenvalue weighted by molar-refractivity contribution is 7.91. The molecule has 2 fully saturated rings. The van der Waals surface area contributed by atoms with Gasteiger partial charge in [-0.05, 0) is 25.7 Å². The summed E-state index contributed by atoms with van der Waals surface area (Å²) in [5, 5.41) is 10.1. The van der Waals surface area contributed by atoms with Crippen LogP contribution in [0.5, 0.6) is 0 Å². The SMILES string of the molecule is CS(=O)(=O)C1CCCN(C(=O)c2n[nH]nc2C2CC2)C1. The van der Waals surface area contributed by atoms with E-state index in [2.05, 4.69) is 15.4 Å². The predicted molar refractivity (Wildman–Crippen MR) is 72.1 cm³/mol. The van der Waals surface area contributed by atoms with Crippen LogP contribution in [0.4, 0.5) is 0 Å². The Morgan fingerprint density at radius 3 is 2.70 bits per heavy atom. The van der Waals surface area contributed by atoms with E-state index in [1.165, 1.54) is 6.26 Å². The molecule has 1 aromatic rings. The number of sulfone groups is 1. The van der Waals surface area contributed by atoms with Crippen molar-refractivity contribution in [3.63, 3.8) is 0 Å². The molecule has 8 heteroatoms. The van der Waals surface area contributed by atoms with Gasteiger partial charge in [0.1, 0.15) is 0 Å². The second kappa shape index (κ2) is 4.83. The molecule has 1 N–H and O–H groups in total. The van der Waals surface area contributed by atoms with Crippen LogP contribution < -0.4 is 0 Å². The van der Waals surface area contributed by atoms with Gasteiger partial charge in [-0.1, -0.05) is 0 Å². The van der Waals surface area contributed by atoms with Gasteiger partial charge < -0.3 is 4.90 Å². The maximum Gasteiger partial charge on any atom is 0.276 e. The average Bonchev–Trinajstić information content (AvgIpc) is 3.15. The predicted octanol–water partition coefficient (Wildman–Crippen LogP) is 0.331. The van der Waals surface area contributed by atoms with Crippen LogP contribution in [0.3, 0.4) is 0 Å². The van der Waals surface area contributed by atoms with Crippen molar-refractivity contribution in [2.75, 3.05) is 19.3 Å². The summed E-state index contributed by atoms with van der Waals surface area (Å²) in [6.07, 6.45) is 4.64. The van der Waals surface area contributed by atoms with E-state index in [0.717, 1.165) is 18.5 Å². The number of nitrogens with one attached hydrogen (secondary N) is 1. The summed E-state index contributed by atoms with van der Waals surface area (Å²) < 4.78 is 23.3. The van der Waals surface area contributed by atoms with Crippen molar-refractivity contribution in [2.24, 2.45) is 0 Å². The summed E-state index contributed by atoms with van der Waals surface area (Å²) in [5.41, 5.74) is 1.10. The number of hydrogen-bond acceptors (Lipinski definition) is 5. The van der Waals surface area contributed by atoms with Gasteiger partial charge >= 0.3 is 0 Å². The number of H-pyrrole nitrogens is 1. The summed E-state index contributed by atoms with van der Waals surface area (Å²) in [6, 6.07) is 0. The minimum Gasteiger partial charge on any atom is -0.336 e. The zero-order valence-electron chi connectivity index (χ0n) is 11.4. The standard InChI is InChI=1S/C12H18N4O3S/c1-20(18,19)9-3-2-6-16(7-9)12(17)11-10(8-4-5-8)13-15-14-11/h8-9H,2-7H2,1H3,(H,13,14,15). The number of nitrogens with zero attached hydrogens (tertiary/aromatic N) is 3. The highest BCUT2D eigenvalue weighted by Gasteiger charge is 2.36. The summed E-state index contributed by atoms with van der Waals surface area (Å²) in [6.45, 7) is 0.844. The fourth-order valence-corrected chi connectivity index (χ4v) is 3.71. The first-order valence-corrected chi connectivity index (χ1v) is 8.81. The van der Waals surface area contributed by atoms with Crippen LogP contribution in [0.25, 0.3) is 0 Å². The molecule has 1 saturated heterocycles. The quantitative estimate of drug-likeness (QED) is 0.867. The number of likely N-dealkylation sites (tertiary alicyclic amines) is 1. The van der Waals surface area contributed by atoms with E-state index in [1.54, 1.807) is 4.90 Å². The van der Waals surface area contributed by atoms with Crippen LogP contribution in [-0.4, -0.2) is 59.2 Å².